The van der Waals surface area contributed by atoms with Crippen LogP contribution in [0.3, 0.4) is 0 Å². The van der Waals surface area contributed by atoms with Gasteiger partial charge in [-0.3, -0.25) is 4.79 Å². The Labute approximate surface area is 137 Å². The molecule has 1 fully saturated rings. The van der Waals surface area contributed by atoms with Crippen LogP contribution >= 0.6 is 0 Å². The maximum Gasteiger partial charge on any atom is 0.254 e. The van der Waals surface area contributed by atoms with Gasteiger partial charge in [-0.05, 0) is 42.9 Å². The van der Waals surface area contributed by atoms with Crippen LogP contribution in [0.15, 0.2) is 54.6 Å². The molecule has 1 saturated heterocycles. The largest absolute Gasteiger partial charge is 0.391 e. The first-order chi connectivity index (χ1) is 11.2. The number of carbonyl (C=O) groups excluding carboxylic acids is 1. The fourth-order valence-electron chi connectivity index (χ4n) is 3.18. The van der Waals surface area contributed by atoms with Gasteiger partial charge in [0.05, 0.1) is 6.10 Å². The van der Waals surface area contributed by atoms with Gasteiger partial charge in [-0.25, -0.2) is 0 Å². The molecule has 120 valence electrons. The molecule has 1 aliphatic rings. The quantitative estimate of drug-likeness (QED) is 0.943. The van der Waals surface area contributed by atoms with Gasteiger partial charge in [-0.2, -0.15) is 0 Å². The van der Waals surface area contributed by atoms with E-state index in [1.54, 1.807) is 4.90 Å². The number of aliphatic hydroxyl groups excluding tert-OH is 1. The summed E-state index contributed by atoms with van der Waals surface area (Å²) in [7, 11) is 0. The van der Waals surface area contributed by atoms with Crippen LogP contribution < -0.4 is 0 Å². The zero-order chi connectivity index (χ0) is 16.1. The number of aryl methyl sites for hydroxylation is 2. The summed E-state index contributed by atoms with van der Waals surface area (Å²) in [6.45, 7) is 1.19. The zero-order valence-corrected chi connectivity index (χ0v) is 13.3. The highest BCUT2D eigenvalue weighted by Gasteiger charge is 2.24. The van der Waals surface area contributed by atoms with Crippen molar-refractivity contribution >= 4 is 5.91 Å². The van der Waals surface area contributed by atoms with Gasteiger partial charge in [0.25, 0.3) is 5.91 Å². The molecule has 1 N–H and O–H groups in total. The standard InChI is InChI=1S/C20H23NO2/c22-18-10-6-14-21(15-18)20(23)19-11-5-4-9-17(19)13-12-16-7-2-1-3-8-16/h1-5,7-9,11,18,22H,6,10,12-15H2. The van der Waals surface area contributed by atoms with E-state index in [1.165, 1.54) is 5.56 Å². The van der Waals surface area contributed by atoms with Crippen molar-refractivity contribution < 1.29 is 9.90 Å². The Bertz CT molecular complexity index is 654. The Morgan fingerprint density at radius 2 is 1.78 bits per heavy atom. The molecular weight excluding hydrogens is 286 g/mol. The van der Waals surface area contributed by atoms with Crippen molar-refractivity contribution in [1.82, 2.24) is 4.90 Å². The molecule has 3 nitrogen and oxygen atoms in total. The molecule has 0 spiro atoms. The van der Waals surface area contributed by atoms with E-state index < -0.39 is 0 Å². The third-order valence-corrected chi connectivity index (χ3v) is 4.46. The number of β-amino-alcohol motifs (C(OH)–C–C–N with tert-alkyl or cyclic N) is 1. The first-order valence-corrected chi connectivity index (χ1v) is 8.33. The summed E-state index contributed by atoms with van der Waals surface area (Å²) in [5, 5.41) is 9.80. The van der Waals surface area contributed by atoms with Gasteiger partial charge in [-0.15, -0.1) is 0 Å². The Balaban J connectivity index is 1.73. The number of likely N-dealkylation sites (tertiary alicyclic amines) is 1. The van der Waals surface area contributed by atoms with Crippen molar-refractivity contribution in [3.63, 3.8) is 0 Å². The minimum Gasteiger partial charge on any atom is -0.391 e. The normalized spacial score (nSPS) is 18.0. The summed E-state index contributed by atoms with van der Waals surface area (Å²) in [5.41, 5.74) is 3.14. The molecule has 2 aromatic carbocycles. The molecule has 23 heavy (non-hydrogen) atoms. The lowest BCUT2D eigenvalue weighted by molar-refractivity contribution is 0.0473. The zero-order valence-electron chi connectivity index (χ0n) is 13.3. The van der Waals surface area contributed by atoms with Gasteiger partial charge in [0.1, 0.15) is 0 Å². The number of benzene rings is 2. The topological polar surface area (TPSA) is 40.5 Å². The lowest BCUT2D eigenvalue weighted by Gasteiger charge is -2.30. The third kappa shape index (κ3) is 3.99. The summed E-state index contributed by atoms with van der Waals surface area (Å²) in [5.74, 6) is 0.0485. The second kappa shape index (κ2) is 7.42. The van der Waals surface area contributed by atoms with Crippen LogP contribution in [-0.4, -0.2) is 35.1 Å². The number of amides is 1. The molecule has 0 aromatic heterocycles. The van der Waals surface area contributed by atoms with E-state index in [4.69, 9.17) is 0 Å². The smallest absolute Gasteiger partial charge is 0.254 e. The van der Waals surface area contributed by atoms with Crippen LogP contribution in [0, 0.1) is 0 Å². The average molecular weight is 309 g/mol. The van der Waals surface area contributed by atoms with Crippen LogP contribution in [0.5, 0.6) is 0 Å². The first-order valence-electron chi connectivity index (χ1n) is 8.33. The second-order valence-electron chi connectivity index (χ2n) is 6.19. The van der Waals surface area contributed by atoms with Crippen LogP contribution in [0.1, 0.15) is 34.3 Å². The Morgan fingerprint density at radius 3 is 2.57 bits per heavy atom. The number of rotatable bonds is 4. The highest BCUT2D eigenvalue weighted by atomic mass is 16.3. The number of piperidine rings is 1. The van der Waals surface area contributed by atoms with Gasteiger partial charge in [-0.1, -0.05) is 48.5 Å². The maximum atomic E-state index is 12.8. The van der Waals surface area contributed by atoms with Crippen molar-refractivity contribution in [2.24, 2.45) is 0 Å². The summed E-state index contributed by atoms with van der Waals surface area (Å²) in [6, 6.07) is 18.2. The van der Waals surface area contributed by atoms with Gasteiger partial charge in [0, 0.05) is 18.7 Å². The van der Waals surface area contributed by atoms with Gasteiger partial charge in [0.15, 0.2) is 0 Å². The van der Waals surface area contributed by atoms with Gasteiger partial charge in [0.2, 0.25) is 0 Å². The molecule has 1 aliphatic heterocycles. The lowest BCUT2D eigenvalue weighted by atomic mass is 9.98. The van der Waals surface area contributed by atoms with Crippen LogP contribution in [-0.2, 0) is 12.8 Å². The molecule has 3 heteroatoms. The van der Waals surface area contributed by atoms with Crippen molar-refractivity contribution in [1.29, 1.82) is 0 Å². The van der Waals surface area contributed by atoms with Gasteiger partial charge < -0.3 is 10.0 Å². The van der Waals surface area contributed by atoms with E-state index in [2.05, 4.69) is 12.1 Å². The molecule has 0 bridgehead atoms. The molecule has 1 unspecified atom stereocenters. The predicted octanol–water partition coefficient (Wildman–Crippen LogP) is 3.07. The van der Waals surface area contributed by atoms with Crippen LogP contribution in [0.4, 0.5) is 0 Å². The molecule has 1 atom stereocenters. The number of carbonyl (C=O) groups is 1. The molecule has 2 aromatic rings. The van der Waals surface area contributed by atoms with E-state index >= 15 is 0 Å². The van der Waals surface area contributed by atoms with Crippen LogP contribution in [0.25, 0.3) is 0 Å². The number of aliphatic hydroxyl groups is 1. The number of hydrogen-bond donors (Lipinski definition) is 1. The highest BCUT2D eigenvalue weighted by Crippen LogP contribution is 2.18. The number of hydrogen-bond acceptors (Lipinski definition) is 2. The summed E-state index contributed by atoms with van der Waals surface area (Å²) >= 11 is 0. The molecule has 1 heterocycles. The molecule has 0 saturated carbocycles. The second-order valence-corrected chi connectivity index (χ2v) is 6.19. The Hall–Kier alpha value is -2.13. The fourth-order valence-corrected chi connectivity index (χ4v) is 3.18. The highest BCUT2D eigenvalue weighted by molar-refractivity contribution is 5.95. The van der Waals surface area contributed by atoms with Crippen LogP contribution in [0.2, 0.25) is 0 Å². The van der Waals surface area contributed by atoms with Crippen molar-refractivity contribution in [3.8, 4) is 0 Å². The molecule has 1 amide bonds. The Kier molecular flexibility index (Phi) is 5.09. The van der Waals surface area contributed by atoms with Crippen molar-refractivity contribution in [2.45, 2.75) is 31.8 Å². The SMILES string of the molecule is O=C(c1ccccc1CCc1ccccc1)N1CCCC(O)C1. The van der Waals surface area contributed by atoms with Crippen molar-refractivity contribution in [2.75, 3.05) is 13.1 Å². The predicted molar refractivity (Wildman–Crippen MR) is 91.4 cm³/mol. The molecular formula is C20H23NO2. The van der Waals surface area contributed by atoms with E-state index in [0.29, 0.717) is 6.54 Å². The van der Waals surface area contributed by atoms with Gasteiger partial charge >= 0.3 is 0 Å². The fraction of sp³-hybridized carbons (Fsp3) is 0.350. The minimum absolute atomic E-state index is 0.0485. The summed E-state index contributed by atoms with van der Waals surface area (Å²) < 4.78 is 0. The maximum absolute atomic E-state index is 12.8. The van der Waals surface area contributed by atoms with E-state index in [1.807, 2.05) is 42.5 Å². The molecule has 0 radical (unpaired) electrons. The summed E-state index contributed by atoms with van der Waals surface area (Å²) in [6.07, 6.45) is 3.05. The van der Waals surface area contributed by atoms with Crippen molar-refractivity contribution in [3.05, 3.63) is 71.3 Å². The number of nitrogens with zero attached hydrogens (tertiary/aromatic N) is 1. The lowest BCUT2D eigenvalue weighted by Crippen LogP contribution is -2.42. The minimum atomic E-state index is -0.385. The molecule has 3 rings (SSSR count). The first kappa shape index (κ1) is 15.8. The van der Waals surface area contributed by atoms with E-state index in [0.717, 1.165) is 43.4 Å². The molecule has 0 aliphatic carbocycles. The third-order valence-electron chi connectivity index (χ3n) is 4.46. The summed E-state index contributed by atoms with van der Waals surface area (Å²) in [4.78, 5) is 14.6. The Morgan fingerprint density at radius 1 is 1.04 bits per heavy atom. The van der Waals surface area contributed by atoms with E-state index in [-0.39, 0.29) is 12.0 Å². The van der Waals surface area contributed by atoms with E-state index in [9.17, 15) is 9.90 Å². The monoisotopic (exact) mass is 309 g/mol. The average Bonchev–Trinajstić information content (AvgIpc) is 2.60.